The molecule has 0 bridgehead atoms. The third-order valence-corrected chi connectivity index (χ3v) is 3.52. The second-order valence-electron chi connectivity index (χ2n) is 5.02. The van der Waals surface area contributed by atoms with Crippen molar-refractivity contribution >= 4 is 5.91 Å². The minimum atomic E-state index is 0.0374. The normalized spacial score (nSPS) is 32.2. The highest BCUT2D eigenvalue weighted by Crippen LogP contribution is 2.36. The van der Waals surface area contributed by atoms with Gasteiger partial charge in [0.05, 0.1) is 6.33 Å². The van der Waals surface area contributed by atoms with Crippen LogP contribution in [0.15, 0.2) is 12.5 Å². The maximum absolute atomic E-state index is 12.0. The molecule has 1 N–H and O–H groups in total. The minimum absolute atomic E-state index is 0.0374. The molecule has 0 radical (unpaired) electrons. The number of nitrogens with zero attached hydrogens (tertiary/aromatic N) is 2. The quantitative estimate of drug-likeness (QED) is 0.793. The maximum atomic E-state index is 12.0. The first-order valence-electron chi connectivity index (χ1n) is 6.16. The SMILES string of the molecule is CC1CC(=O)N(CCc2cnc[nH]2)C2OC2C1. The summed E-state index contributed by atoms with van der Waals surface area (Å²) in [6.07, 6.45) is 6.26. The molecular weight excluding hydrogens is 218 g/mol. The minimum Gasteiger partial charge on any atom is -0.348 e. The van der Waals surface area contributed by atoms with E-state index in [0.29, 0.717) is 12.3 Å². The summed E-state index contributed by atoms with van der Waals surface area (Å²) >= 11 is 0. The average Bonchev–Trinajstić information content (AvgIpc) is 2.85. The number of hydrogen-bond acceptors (Lipinski definition) is 3. The number of likely N-dealkylation sites (tertiary alicyclic amines) is 1. The topological polar surface area (TPSA) is 61.5 Å². The molecule has 17 heavy (non-hydrogen) atoms. The summed E-state index contributed by atoms with van der Waals surface area (Å²) in [7, 11) is 0. The van der Waals surface area contributed by atoms with E-state index in [1.54, 1.807) is 12.5 Å². The van der Waals surface area contributed by atoms with Crippen LogP contribution in [0.4, 0.5) is 0 Å². The number of amides is 1. The second kappa shape index (κ2) is 4.14. The van der Waals surface area contributed by atoms with E-state index in [-0.39, 0.29) is 18.2 Å². The number of H-pyrrole nitrogens is 1. The molecule has 3 heterocycles. The highest BCUT2D eigenvalue weighted by Gasteiger charge is 2.48. The lowest BCUT2D eigenvalue weighted by Gasteiger charge is -2.19. The molecule has 3 atom stereocenters. The zero-order valence-corrected chi connectivity index (χ0v) is 9.93. The highest BCUT2D eigenvalue weighted by molar-refractivity contribution is 5.77. The Balaban J connectivity index is 1.63. The summed E-state index contributed by atoms with van der Waals surface area (Å²) in [4.78, 5) is 21.0. The molecule has 5 heteroatoms. The van der Waals surface area contributed by atoms with Gasteiger partial charge in [-0.25, -0.2) is 4.98 Å². The number of aromatic amines is 1. The van der Waals surface area contributed by atoms with Crippen molar-refractivity contribution in [2.24, 2.45) is 5.92 Å². The number of imidazole rings is 1. The molecule has 0 saturated carbocycles. The van der Waals surface area contributed by atoms with Gasteiger partial charge in [-0.15, -0.1) is 0 Å². The van der Waals surface area contributed by atoms with Gasteiger partial charge in [0.15, 0.2) is 6.23 Å². The monoisotopic (exact) mass is 235 g/mol. The predicted octanol–water partition coefficient (Wildman–Crippen LogP) is 0.936. The lowest BCUT2D eigenvalue weighted by molar-refractivity contribution is -0.134. The molecule has 1 aromatic rings. The van der Waals surface area contributed by atoms with E-state index in [9.17, 15) is 4.79 Å². The summed E-state index contributed by atoms with van der Waals surface area (Å²) in [6.45, 7) is 2.84. The van der Waals surface area contributed by atoms with E-state index in [2.05, 4.69) is 16.9 Å². The van der Waals surface area contributed by atoms with E-state index in [1.165, 1.54) is 0 Å². The summed E-state index contributed by atoms with van der Waals surface area (Å²) in [5, 5.41) is 0. The van der Waals surface area contributed by atoms with E-state index in [1.807, 2.05) is 4.90 Å². The van der Waals surface area contributed by atoms with E-state index < -0.39 is 0 Å². The standard InChI is InChI=1S/C12H17N3O2/c1-8-4-10-12(17-10)15(11(16)5-8)3-2-9-6-13-7-14-9/h6-8,10,12H,2-5H2,1H3,(H,13,14). The molecule has 1 aromatic heterocycles. The van der Waals surface area contributed by atoms with E-state index in [0.717, 1.165) is 25.1 Å². The first kappa shape index (κ1) is 10.8. The number of ether oxygens (including phenoxy) is 1. The van der Waals surface area contributed by atoms with Crippen molar-refractivity contribution in [3.05, 3.63) is 18.2 Å². The van der Waals surface area contributed by atoms with Crippen LogP contribution in [0.3, 0.4) is 0 Å². The maximum Gasteiger partial charge on any atom is 0.224 e. The van der Waals surface area contributed by atoms with Gasteiger partial charge in [-0.05, 0) is 12.3 Å². The van der Waals surface area contributed by atoms with E-state index in [4.69, 9.17) is 4.74 Å². The first-order chi connectivity index (χ1) is 8.24. The Kier molecular flexibility index (Phi) is 2.63. The Morgan fingerprint density at radius 2 is 2.53 bits per heavy atom. The summed E-state index contributed by atoms with van der Waals surface area (Å²) in [5.74, 6) is 0.664. The highest BCUT2D eigenvalue weighted by atomic mass is 16.6. The molecule has 1 amide bonds. The van der Waals surface area contributed by atoms with Gasteiger partial charge < -0.3 is 14.6 Å². The van der Waals surface area contributed by atoms with Gasteiger partial charge in [0, 0.05) is 31.3 Å². The zero-order valence-electron chi connectivity index (χ0n) is 9.93. The third kappa shape index (κ3) is 2.20. The molecule has 2 aliphatic heterocycles. The fourth-order valence-corrected chi connectivity index (χ4v) is 2.53. The summed E-state index contributed by atoms with van der Waals surface area (Å²) in [6, 6.07) is 0. The van der Waals surface area contributed by atoms with Crippen molar-refractivity contribution in [1.29, 1.82) is 0 Å². The number of epoxide rings is 1. The molecule has 92 valence electrons. The molecule has 3 rings (SSSR count). The largest absolute Gasteiger partial charge is 0.348 e. The first-order valence-corrected chi connectivity index (χ1v) is 6.16. The molecule has 2 aliphatic rings. The molecule has 0 spiro atoms. The number of carbonyl (C=O) groups is 1. The molecular formula is C12H17N3O2. The molecule has 2 saturated heterocycles. The van der Waals surface area contributed by atoms with Crippen LogP contribution in [0.1, 0.15) is 25.5 Å². The predicted molar refractivity (Wildman–Crippen MR) is 61.1 cm³/mol. The molecule has 3 unspecified atom stereocenters. The van der Waals surface area contributed by atoms with Crippen molar-refractivity contribution < 1.29 is 9.53 Å². The lowest BCUT2D eigenvalue weighted by Crippen LogP contribution is -2.35. The van der Waals surface area contributed by atoms with Crippen LogP contribution in [0.5, 0.6) is 0 Å². The Hall–Kier alpha value is -1.36. The Morgan fingerprint density at radius 3 is 3.29 bits per heavy atom. The zero-order chi connectivity index (χ0) is 11.8. The van der Waals surface area contributed by atoms with Crippen LogP contribution < -0.4 is 0 Å². The van der Waals surface area contributed by atoms with Gasteiger partial charge in [0.2, 0.25) is 5.91 Å². The van der Waals surface area contributed by atoms with Crippen LogP contribution in [0.25, 0.3) is 0 Å². The van der Waals surface area contributed by atoms with Gasteiger partial charge in [0.25, 0.3) is 0 Å². The van der Waals surface area contributed by atoms with Gasteiger partial charge >= 0.3 is 0 Å². The van der Waals surface area contributed by atoms with Crippen LogP contribution >= 0.6 is 0 Å². The number of aromatic nitrogens is 2. The van der Waals surface area contributed by atoms with Gasteiger partial charge in [0.1, 0.15) is 6.10 Å². The van der Waals surface area contributed by atoms with Crippen LogP contribution in [0.2, 0.25) is 0 Å². The molecule has 5 nitrogen and oxygen atoms in total. The number of nitrogens with one attached hydrogen (secondary N) is 1. The smallest absolute Gasteiger partial charge is 0.224 e. The van der Waals surface area contributed by atoms with Crippen LogP contribution in [-0.4, -0.2) is 39.7 Å². The fraction of sp³-hybridized carbons (Fsp3) is 0.667. The summed E-state index contributed by atoms with van der Waals surface area (Å²) < 4.78 is 5.56. The number of fused-ring (bicyclic) bond motifs is 1. The lowest BCUT2D eigenvalue weighted by atomic mass is 10.0. The Morgan fingerprint density at radius 1 is 1.65 bits per heavy atom. The number of carbonyl (C=O) groups excluding carboxylic acids is 1. The van der Waals surface area contributed by atoms with Crippen molar-refractivity contribution in [2.75, 3.05) is 6.54 Å². The van der Waals surface area contributed by atoms with Crippen LogP contribution in [0, 0.1) is 5.92 Å². The van der Waals surface area contributed by atoms with E-state index >= 15 is 0 Å². The molecule has 0 aromatic carbocycles. The average molecular weight is 235 g/mol. The molecule has 0 aliphatic carbocycles. The Bertz CT molecular complexity index is 404. The van der Waals surface area contributed by atoms with Gasteiger partial charge in [-0.3, -0.25) is 4.79 Å². The fourth-order valence-electron chi connectivity index (χ4n) is 2.53. The van der Waals surface area contributed by atoms with Crippen molar-refractivity contribution in [3.63, 3.8) is 0 Å². The van der Waals surface area contributed by atoms with Crippen molar-refractivity contribution in [1.82, 2.24) is 14.9 Å². The van der Waals surface area contributed by atoms with Crippen molar-refractivity contribution in [2.45, 2.75) is 38.5 Å². The number of rotatable bonds is 3. The molecule has 2 fully saturated rings. The Labute approximate surface area is 100 Å². The van der Waals surface area contributed by atoms with Crippen LogP contribution in [-0.2, 0) is 16.0 Å². The van der Waals surface area contributed by atoms with Gasteiger partial charge in [-0.2, -0.15) is 0 Å². The second-order valence-corrected chi connectivity index (χ2v) is 5.02. The van der Waals surface area contributed by atoms with Gasteiger partial charge in [-0.1, -0.05) is 6.92 Å². The third-order valence-electron chi connectivity index (χ3n) is 3.52. The van der Waals surface area contributed by atoms with Crippen molar-refractivity contribution in [3.8, 4) is 0 Å². The summed E-state index contributed by atoms with van der Waals surface area (Å²) in [5.41, 5.74) is 1.06. The number of hydrogen-bond donors (Lipinski definition) is 1.